The van der Waals surface area contributed by atoms with Crippen LogP contribution in [-0.2, 0) is 23.7 Å². The molecule has 0 aliphatic carbocycles. The maximum absolute atomic E-state index is 11.7. The van der Waals surface area contributed by atoms with Crippen molar-refractivity contribution in [3.05, 3.63) is 0 Å². The van der Waals surface area contributed by atoms with Gasteiger partial charge in [0.2, 0.25) is 0 Å². The second-order valence-corrected chi connectivity index (χ2v) is 6.22. The zero-order valence-corrected chi connectivity index (χ0v) is 12.1. The Morgan fingerprint density at radius 3 is 1.63 bits per heavy atom. The van der Waals surface area contributed by atoms with E-state index in [1.807, 2.05) is 0 Å². The summed E-state index contributed by atoms with van der Waals surface area (Å²) in [6.07, 6.45) is -1.13. The molecular weight excluding hydrogens is 252 g/mol. The Morgan fingerprint density at radius 2 is 1.42 bits per heavy atom. The van der Waals surface area contributed by atoms with E-state index in [1.165, 1.54) is 0 Å². The van der Waals surface area contributed by atoms with Crippen molar-refractivity contribution in [3.63, 3.8) is 0 Å². The van der Waals surface area contributed by atoms with Gasteiger partial charge < -0.3 is 24.1 Å². The summed E-state index contributed by atoms with van der Waals surface area (Å²) in [7, 11) is 0. The zero-order valence-electron chi connectivity index (χ0n) is 12.1. The van der Waals surface area contributed by atoms with Gasteiger partial charge in [-0.2, -0.15) is 0 Å². The highest BCUT2D eigenvalue weighted by molar-refractivity contribution is 5.76. The lowest BCUT2D eigenvalue weighted by molar-refractivity contribution is -0.197. The predicted octanol–water partition coefficient (Wildman–Crippen LogP) is 1.38. The van der Waals surface area contributed by atoms with Crippen LogP contribution in [0.3, 0.4) is 0 Å². The number of carboxylic acids is 1. The van der Waals surface area contributed by atoms with E-state index in [9.17, 15) is 9.90 Å². The van der Waals surface area contributed by atoms with E-state index in [0.29, 0.717) is 0 Å². The van der Waals surface area contributed by atoms with Crippen LogP contribution in [0.1, 0.15) is 34.6 Å². The summed E-state index contributed by atoms with van der Waals surface area (Å²) in [5.41, 5.74) is -1.21. The molecule has 2 aliphatic rings. The molecule has 0 radical (unpaired) electrons. The third-order valence-corrected chi connectivity index (χ3v) is 3.82. The zero-order chi connectivity index (χ0) is 14.5. The first-order chi connectivity index (χ1) is 8.57. The Hall–Kier alpha value is -0.690. The van der Waals surface area contributed by atoms with Crippen LogP contribution < -0.4 is 0 Å². The fourth-order valence-corrected chi connectivity index (χ4v) is 2.45. The highest BCUT2D eigenvalue weighted by Gasteiger charge is 2.57. The normalized spacial score (nSPS) is 36.1. The van der Waals surface area contributed by atoms with Crippen molar-refractivity contribution >= 4 is 5.97 Å². The highest BCUT2D eigenvalue weighted by atomic mass is 16.8. The number of carbonyl (C=O) groups is 1. The fourth-order valence-electron chi connectivity index (χ4n) is 2.45. The van der Waals surface area contributed by atoms with Gasteiger partial charge in [0.15, 0.2) is 11.6 Å². The van der Waals surface area contributed by atoms with Crippen LogP contribution in [0, 0.1) is 5.41 Å². The van der Waals surface area contributed by atoms with Crippen LogP contribution in [-0.4, -0.2) is 48.1 Å². The molecule has 2 rings (SSSR count). The van der Waals surface area contributed by atoms with Crippen molar-refractivity contribution in [2.75, 3.05) is 13.2 Å². The first-order valence-electron chi connectivity index (χ1n) is 6.44. The van der Waals surface area contributed by atoms with Gasteiger partial charge >= 0.3 is 5.97 Å². The third-order valence-electron chi connectivity index (χ3n) is 3.82. The van der Waals surface area contributed by atoms with E-state index in [0.717, 1.165) is 0 Å². The molecule has 0 spiro atoms. The fraction of sp³-hybridized carbons (Fsp3) is 0.923. The van der Waals surface area contributed by atoms with Crippen LogP contribution in [0.25, 0.3) is 0 Å². The minimum atomic E-state index is -1.21. The highest BCUT2D eigenvalue weighted by Crippen LogP contribution is 2.42. The molecule has 6 nitrogen and oxygen atoms in total. The minimum absolute atomic E-state index is 0.232. The summed E-state index contributed by atoms with van der Waals surface area (Å²) >= 11 is 0. The van der Waals surface area contributed by atoms with Gasteiger partial charge in [-0.05, 0) is 34.6 Å². The van der Waals surface area contributed by atoms with Crippen molar-refractivity contribution < 1.29 is 28.8 Å². The number of ether oxygens (including phenoxy) is 4. The van der Waals surface area contributed by atoms with Crippen LogP contribution in [0.4, 0.5) is 0 Å². The van der Waals surface area contributed by atoms with Gasteiger partial charge in [0, 0.05) is 0 Å². The first-order valence-corrected chi connectivity index (χ1v) is 6.44. The summed E-state index contributed by atoms with van der Waals surface area (Å²) in [5.74, 6) is -2.50. The van der Waals surface area contributed by atoms with Crippen molar-refractivity contribution in [1.29, 1.82) is 0 Å². The van der Waals surface area contributed by atoms with Gasteiger partial charge in [-0.1, -0.05) is 0 Å². The summed E-state index contributed by atoms with van der Waals surface area (Å²) in [6.45, 7) is 9.17. The monoisotopic (exact) mass is 274 g/mol. The van der Waals surface area contributed by atoms with Crippen LogP contribution in [0.15, 0.2) is 0 Å². The SMILES string of the molecule is CC1(C)OCC(C(C)(C(=O)O)C2COC(C)(C)O2)O1. The number of carboxylic acid groups (broad SMARTS) is 1. The smallest absolute Gasteiger partial charge is 0.314 e. The molecule has 2 atom stereocenters. The van der Waals surface area contributed by atoms with Crippen molar-refractivity contribution in [3.8, 4) is 0 Å². The molecular formula is C13H22O6. The van der Waals surface area contributed by atoms with E-state index in [4.69, 9.17) is 18.9 Å². The predicted molar refractivity (Wildman–Crippen MR) is 65.6 cm³/mol. The second-order valence-electron chi connectivity index (χ2n) is 6.22. The molecule has 2 aliphatic heterocycles. The maximum Gasteiger partial charge on any atom is 0.314 e. The van der Waals surface area contributed by atoms with Gasteiger partial charge in [-0.3, -0.25) is 4.79 Å². The lowest BCUT2D eigenvalue weighted by Crippen LogP contribution is -2.52. The number of rotatable bonds is 3. The third kappa shape index (κ3) is 2.63. The summed E-state index contributed by atoms with van der Waals surface area (Å²) < 4.78 is 22.4. The molecule has 0 saturated carbocycles. The summed E-state index contributed by atoms with van der Waals surface area (Å²) in [5, 5.41) is 9.62. The Morgan fingerprint density at radius 1 is 1.05 bits per heavy atom. The van der Waals surface area contributed by atoms with E-state index < -0.39 is 35.2 Å². The second kappa shape index (κ2) is 4.41. The molecule has 2 saturated heterocycles. The van der Waals surface area contributed by atoms with Gasteiger partial charge in [0.1, 0.15) is 17.6 Å². The first kappa shape index (κ1) is 14.7. The molecule has 1 N–H and O–H groups in total. The topological polar surface area (TPSA) is 74.2 Å². The van der Waals surface area contributed by atoms with Crippen LogP contribution >= 0.6 is 0 Å². The maximum atomic E-state index is 11.7. The molecule has 0 amide bonds. The van der Waals surface area contributed by atoms with Crippen molar-refractivity contribution in [2.45, 2.75) is 58.4 Å². The van der Waals surface area contributed by atoms with E-state index >= 15 is 0 Å². The number of hydrogen-bond donors (Lipinski definition) is 1. The molecule has 2 unspecified atom stereocenters. The van der Waals surface area contributed by atoms with Gasteiger partial charge in [-0.15, -0.1) is 0 Å². The molecule has 2 fully saturated rings. The van der Waals surface area contributed by atoms with Gasteiger partial charge in [0.25, 0.3) is 0 Å². The lowest BCUT2D eigenvalue weighted by Gasteiger charge is -2.35. The standard InChI is InChI=1S/C13H22O6/c1-11(2)16-6-8(18-11)13(5,10(14)15)9-7-17-12(3,4)19-9/h8-9H,6-7H2,1-5H3,(H,14,15). The molecule has 0 aromatic rings. The average molecular weight is 274 g/mol. The minimum Gasteiger partial charge on any atom is -0.481 e. The molecule has 110 valence electrons. The summed E-state index contributed by atoms with van der Waals surface area (Å²) in [6, 6.07) is 0. The molecule has 0 aromatic heterocycles. The van der Waals surface area contributed by atoms with Crippen molar-refractivity contribution in [1.82, 2.24) is 0 Å². The van der Waals surface area contributed by atoms with Crippen LogP contribution in [0.5, 0.6) is 0 Å². The van der Waals surface area contributed by atoms with Crippen molar-refractivity contribution in [2.24, 2.45) is 5.41 Å². The van der Waals surface area contributed by atoms with E-state index in [2.05, 4.69) is 0 Å². The van der Waals surface area contributed by atoms with Gasteiger partial charge in [-0.25, -0.2) is 0 Å². The van der Waals surface area contributed by atoms with E-state index in [1.54, 1.807) is 34.6 Å². The molecule has 0 aromatic carbocycles. The Kier molecular flexibility index (Phi) is 3.42. The Bertz CT molecular complexity index is 349. The lowest BCUT2D eigenvalue weighted by atomic mass is 9.79. The van der Waals surface area contributed by atoms with E-state index in [-0.39, 0.29) is 13.2 Å². The molecule has 19 heavy (non-hydrogen) atoms. The molecule has 2 heterocycles. The van der Waals surface area contributed by atoms with Gasteiger partial charge in [0.05, 0.1) is 13.2 Å². The average Bonchev–Trinajstić information content (AvgIpc) is 2.80. The Balaban J connectivity index is 2.22. The Labute approximate surface area is 113 Å². The number of hydrogen-bond acceptors (Lipinski definition) is 5. The largest absolute Gasteiger partial charge is 0.481 e. The molecule has 0 bridgehead atoms. The van der Waals surface area contributed by atoms with Crippen LogP contribution in [0.2, 0.25) is 0 Å². The molecule has 6 heteroatoms. The summed E-state index contributed by atoms with van der Waals surface area (Å²) in [4.78, 5) is 11.7. The number of aliphatic carboxylic acids is 1. The quantitative estimate of drug-likeness (QED) is 0.838.